The fraction of sp³-hybridized carbons (Fsp3) is 0.923. The molecule has 1 aliphatic rings. The molecule has 4 heteroatoms. The van der Waals surface area contributed by atoms with Crippen molar-refractivity contribution in [3.05, 3.63) is 0 Å². The summed E-state index contributed by atoms with van der Waals surface area (Å²) in [6, 6.07) is 2.15. The maximum absolute atomic E-state index is 8.84. The average Bonchev–Trinajstić information content (AvgIpc) is 2.30. The summed E-state index contributed by atoms with van der Waals surface area (Å²) in [4.78, 5) is 2.47. The van der Waals surface area contributed by atoms with Gasteiger partial charge in [0, 0.05) is 13.7 Å². The first-order chi connectivity index (χ1) is 8.07. The minimum Gasteiger partial charge on any atom is -0.384 e. The van der Waals surface area contributed by atoms with Gasteiger partial charge in [0.05, 0.1) is 12.7 Å². The lowest BCUT2D eigenvalue weighted by Gasteiger charge is -2.32. The standard InChI is InChI=1S/C13H25N3O/c1-13(15,11-14)6-4-8-16-7-3-5-12(9-16)10-17-2/h12H,3-10,15H2,1-2H3. The SMILES string of the molecule is COCC1CCCN(CCCC(C)(N)C#N)C1. The number of ether oxygens (including phenoxy) is 1. The maximum Gasteiger partial charge on any atom is 0.101 e. The van der Waals surface area contributed by atoms with Crippen molar-refractivity contribution in [2.45, 2.75) is 38.1 Å². The molecule has 4 nitrogen and oxygen atoms in total. The van der Waals surface area contributed by atoms with Crippen molar-refractivity contribution in [1.29, 1.82) is 5.26 Å². The van der Waals surface area contributed by atoms with E-state index in [1.54, 1.807) is 14.0 Å². The van der Waals surface area contributed by atoms with Crippen LogP contribution in [0.15, 0.2) is 0 Å². The second-order valence-corrected chi connectivity index (χ2v) is 5.40. The number of piperidine rings is 1. The summed E-state index contributed by atoms with van der Waals surface area (Å²) in [5.74, 6) is 0.675. The molecule has 2 atom stereocenters. The molecule has 0 amide bonds. The summed E-state index contributed by atoms with van der Waals surface area (Å²) in [6.45, 7) is 6.02. The maximum atomic E-state index is 8.84. The minimum atomic E-state index is -0.665. The lowest BCUT2D eigenvalue weighted by molar-refractivity contribution is 0.0894. The van der Waals surface area contributed by atoms with Crippen LogP contribution >= 0.6 is 0 Å². The van der Waals surface area contributed by atoms with E-state index in [1.807, 2.05) is 0 Å². The zero-order valence-electron chi connectivity index (χ0n) is 11.1. The van der Waals surface area contributed by atoms with E-state index in [9.17, 15) is 0 Å². The van der Waals surface area contributed by atoms with E-state index in [4.69, 9.17) is 15.7 Å². The van der Waals surface area contributed by atoms with Gasteiger partial charge in [-0.1, -0.05) is 0 Å². The molecule has 0 radical (unpaired) electrons. The third-order valence-electron chi connectivity index (χ3n) is 3.43. The lowest BCUT2D eigenvalue weighted by atomic mass is 9.96. The monoisotopic (exact) mass is 239 g/mol. The van der Waals surface area contributed by atoms with Gasteiger partial charge < -0.3 is 15.4 Å². The Balaban J connectivity index is 2.21. The molecule has 1 fully saturated rings. The van der Waals surface area contributed by atoms with Crippen molar-refractivity contribution >= 4 is 0 Å². The number of likely N-dealkylation sites (tertiary alicyclic amines) is 1. The van der Waals surface area contributed by atoms with Gasteiger partial charge in [0.15, 0.2) is 0 Å². The smallest absolute Gasteiger partial charge is 0.101 e. The summed E-state index contributed by atoms with van der Waals surface area (Å²) >= 11 is 0. The Morgan fingerprint density at radius 3 is 3.00 bits per heavy atom. The fourth-order valence-corrected chi connectivity index (χ4v) is 2.45. The number of nitrogens with two attached hydrogens (primary N) is 1. The van der Waals surface area contributed by atoms with Gasteiger partial charge >= 0.3 is 0 Å². The van der Waals surface area contributed by atoms with Crippen molar-refractivity contribution in [2.75, 3.05) is 33.4 Å². The molecular formula is C13H25N3O. The van der Waals surface area contributed by atoms with E-state index in [-0.39, 0.29) is 0 Å². The van der Waals surface area contributed by atoms with Crippen LogP contribution in [0, 0.1) is 17.2 Å². The molecule has 0 saturated carbocycles. The first-order valence-electron chi connectivity index (χ1n) is 6.49. The van der Waals surface area contributed by atoms with Crippen LogP contribution in [-0.2, 0) is 4.74 Å². The molecule has 0 spiro atoms. The number of nitriles is 1. The van der Waals surface area contributed by atoms with Gasteiger partial charge in [0.25, 0.3) is 0 Å². The van der Waals surface area contributed by atoms with Gasteiger partial charge in [-0.05, 0) is 51.6 Å². The molecule has 1 heterocycles. The number of rotatable bonds is 6. The summed E-state index contributed by atoms with van der Waals surface area (Å²) in [6.07, 6.45) is 4.30. The van der Waals surface area contributed by atoms with E-state index in [2.05, 4.69) is 11.0 Å². The van der Waals surface area contributed by atoms with Gasteiger partial charge in [-0.3, -0.25) is 0 Å². The molecule has 0 aromatic carbocycles. The van der Waals surface area contributed by atoms with E-state index in [0.29, 0.717) is 5.92 Å². The van der Waals surface area contributed by atoms with Gasteiger partial charge in [0.2, 0.25) is 0 Å². The Labute approximate surface area is 105 Å². The van der Waals surface area contributed by atoms with Gasteiger partial charge in [-0.15, -0.1) is 0 Å². The summed E-state index contributed by atoms with van der Waals surface area (Å²) in [5, 5.41) is 8.84. The molecule has 0 aliphatic carbocycles. The number of hydrogen-bond acceptors (Lipinski definition) is 4. The quantitative estimate of drug-likeness (QED) is 0.760. The Morgan fingerprint density at radius 1 is 1.59 bits per heavy atom. The minimum absolute atomic E-state index is 0.665. The van der Waals surface area contributed by atoms with Gasteiger partial charge in [-0.25, -0.2) is 0 Å². The second-order valence-electron chi connectivity index (χ2n) is 5.40. The number of nitrogens with zero attached hydrogens (tertiary/aromatic N) is 2. The van der Waals surface area contributed by atoms with Gasteiger partial charge in [-0.2, -0.15) is 5.26 Å². The largest absolute Gasteiger partial charge is 0.384 e. The Hall–Kier alpha value is -0.630. The third kappa shape index (κ3) is 5.49. The molecule has 0 bridgehead atoms. The van der Waals surface area contributed by atoms with Crippen molar-refractivity contribution in [1.82, 2.24) is 4.90 Å². The summed E-state index contributed by atoms with van der Waals surface area (Å²) in [5.41, 5.74) is 5.14. The zero-order chi connectivity index (χ0) is 12.7. The van der Waals surface area contributed by atoms with Crippen molar-refractivity contribution in [3.63, 3.8) is 0 Å². The first-order valence-corrected chi connectivity index (χ1v) is 6.49. The number of methoxy groups -OCH3 is 1. The molecule has 0 aromatic heterocycles. The molecule has 2 unspecified atom stereocenters. The van der Waals surface area contributed by atoms with Crippen LogP contribution in [-0.4, -0.2) is 43.8 Å². The molecule has 17 heavy (non-hydrogen) atoms. The van der Waals surface area contributed by atoms with E-state index in [1.165, 1.54) is 19.4 Å². The van der Waals surface area contributed by atoms with E-state index >= 15 is 0 Å². The molecule has 98 valence electrons. The van der Waals surface area contributed by atoms with Crippen LogP contribution in [0.4, 0.5) is 0 Å². The van der Waals surface area contributed by atoms with Crippen LogP contribution in [0.5, 0.6) is 0 Å². The third-order valence-corrected chi connectivity index (χ3v) is 3.43. The summed E-state index contributed by atoms with van der Waals surface area (Å²) in [7, 11) is 1.77. The van der Waals surface area contributed by atoms with E-state index in [0.717, 1.165) is 32.5 Å². The predicted molar refractivity (Wildman–Crippen MR) is 68.5 cm³/mol. The van der Waals surface area contributed by atoms with Crippen LogP contribution in [0.1, 0.15) is 32.6 Å². The predicted octanol–water partition coefficient (Wildman–Crippen LogP) is 1.37. The van der Waals surface area contributed by atoms with Crippen molar-refractivity contribution in [2.24, 2.45) is 11.7 Å². The van der Waals surface area contributed by atoms with Gasteiger partial charge in [0.1, 0.15) is 5.54 Å². The summed E-state index contributed by atoms with van der Waals surface area (Å²) < 4.78 is 5.22. The number of hydrogen-bond donors (Lipinski definition) is 1. The fourth-order valence-electron chi connectivity index (χ4n) is 2.45. The molecule has 0 aromatic rings. The Bertz CT molecular complexity index is 258. The Morgan fingerprint density at radius 2 is 2.35 bits per heavy atom. The van der Waals surface area contributed by atoms with E-state index < -0.39 is 5.54 Å². The normalized spacial score (nSPS) is 25.2. The highest BCUT2D eigenvalue weighted by atomic mass is 16.5. The first kappa shape index (κ1) is 14.4. The van der Waals surface area contributed by atoms with Crippen molar-refractivity contribution in [3.8, 4) is 6.07 Å². The highest BCUT2D eigenvalue weighted by Crippen LogP contribution is 2.17. The highest BCUT2D eigenvalue weighted by Gasteiger charge is 2.21. The molecular weight excluding hydrogens is 214 g/mol. The molecule has 1 aliphatic heterocycles. The second kappa shape index (κ2) is 6.95. The average molecular weight is 239 g/mol. The molecule has 1 saturated heterocycles. The topological polar surface area (TPSA) is 62.3 Å². The highest BCUT2D eigenvalue weighted by molar-refractivity contribution is 5.00. The lowest BCUT2D eigenvalue weighted by Crippen LogP contribution is -2.39. The molecule has 1 rings (SSSR count). The Kier molecular flexibility index (Phi) is 5.90. The zero-order valence-corrected chi connectivity index (χ0v) is 11.1. The van der Waals surface area contributed by atoms with Crippen LogP contribution in [0.2, 0.25) is 0 Å². The van der Waals surface area contributed by atoms with Crippen LogP contribution in [0.3, 0.4) is 0 Å². The van der Waals surface area contributed by atoms with Crippen LogP contribution in [0.25, 0.3) is 0 Å². The van der Waals surface area contributed by atoms with Crippen LogP contribution < -0.4 is 5.73 Å². The van der Waals surface area contributed by atoms with Crippen molar-refractivity contribution < 1.29 is 4.74 Å². The molecule has 2 N–H and O–H groups in total.